The van der Waals surface area contributed by atoms with Gasteiger partial charge in [0.1, 0.15) is 20.0 Å². The van der Waals surface area contributed by atoms with Gasteiger partial charge in [0.25, 0.3) is 0 Å². The zero-order valence-corrected chi connectivity index (χ0v) is 18.5. The lowest BCUT2D eigenvalue weighted by Gasteiger charge is -2.30. The highest BCUT2D eigenvalue weighted by Crippen LogP contribution is 2.30. The number of amides is 1. The highest BCUT2D eigenvalue weighted by atomic mass is 19.1. The SMILES string of the molecule is C[C@H]1CCC[C@@H]1N(CCF)C(=O)OCc1ccccc1.C[C@H]1CCC[C@@H]1NCCF. The fraction of sp³-hybridized carbons (Fsp3) is 0.708. The van der Waals surface area contributed by atoms with Crippen molar-refractivity contribution < 1.29 is 18.3 Å². The molecule has 3 rings (SSSR count). The molecule has 1 aromatic rings. The summed E-state index contributed by atoms with van der Waals surface area (Å²) in [6.45, 7) is 4.50. The van der Waals surface area contributed by atoms with Crippen LogP contribution in [-0.2, 0) is 11.3 Å². The molecule has 2 aliphatic carbocycles. The van der Waals surface area contributed by atoms with E-state index in [2.05, 4.69) is 19.2 Å². The summed E-state index contributed by atoms with van der Waals surface area (Å²) in [5.74, 6) is 1.18. The molecule has 0 saturated heterocycles. The van der Waals surface area contributed by atoms with Gasteiger partial charge in [-0.15, -0.1) is 0 Å². The lowest BCUT2D eigenvalue weighted by atomic mass is 10.1. The second kappa shape index (κ2) is 13.6. The quantitative estimate of drug-likeness (QED) is 0.598. The molecule has 0 radical (unpaired) electrons. The molecule has 4 atom stereocenters. The van der Waals surface area contributed by atoms with E-state index in [0.717, 1.165) is 30.7 Å². The smallest absolute Gasteiger partial charge is 0.410 e. The molecule has 0 heterocycles. The van der Waals surface area contributed by atoms with Crippen molar-refractivity contribution in [1.82, 2.24) is 10.2 Å². The van der Waals surface area contributed by atoms with Crippen LogP contribution in [0.25, 0.3) is 0 Å². The molecule has 2 aliphatic rings. The third-order valence-corrected chi connectivity index (χ3v) is 6.34. The molecule has 0 spiro atoms. The van der Waals surface area contributed by atoms with Gasteiger partial charge in [0.2, 0.25) is 0 Å². The average molecular weight is 425 g/mol. The van der Waals surface area contributed by atoms with Gasteiger partial charge < -0.3 is 15.0 Å². The molecule has 6 heteroatoms. The lowest BCUT2D eigenvalue weighted by Crippen LogP contribution is -2.43. The van der Waals surface area contributed by atoms with Crippen LogP contribution < -0.4 is 5.32 Å². The number of nitrogens with zero attached hydrogens (tertiary/aromatic N) is 1. The van der Waals surface area contributed by atoms with Crippen LogP contribution in [0.2, 0.25) is 0 Å². The van der Waals surface area contributed by atoms with Crippen molar-refractivity contribution in [2.75, 3.05) is 26.4 Å². The van der Waals surface area contributed by atoms with Crippen LogP contribution >= 0.6 is 0 Å². The molecule has 0 unspecified atom stereocenters. The molecular formula is C24H38F2N2O2. The Kier molecular flexibility index (Phi) is 11.1. The highest BCUT2D eigenvalue weighted by Gasteiger charge is 2.32. The molecular weight excluding hydrogens is 386 g/mol. The monoisotopic (exact) mass is 424 g/mol. The van der Waals surface area contributed by atoms with Crippen LogP contribution in [0.3, 0.4) is 0 Å². The maximum atomic E-state index is 12.7. The standard InChI is InChI=1S/C16H22FNO2.C8H16FN/c1-13-6-5-9-15(13)18(11-10-17)16(19)20-12-14-7-3-2-4-8-14;1-7-3-2-4-8(7)10-6-5-9/h2-4,7-8,13,15H,5-6,9-12H2,1H3;7-8,10H,2-6H2,1H3/t13-,15-;7-,8-/m00/s1. The van der Waals surface area contributed by atoms with Crippen molar-refractivity contribution in [1.29, 1.82) is 0 Å². The third-order valence-electron chi connectivity index (χ3n) is 6.34. The Morgan fingerprint density at radius 3 is 2.30 bits per heavy atom. The first-order valence-electron chi connectivity index (χ1n) is 11.4. The number of rotatable bonds is 8. The molecule has 1 N–H and O–H groups in total. The van der Waals surface area contributed by atoms with E-state index < -0.39 is 12.8 Å². The predicted molar refractivity (Wildman–Crippen MR) is 117 cm³/mol. The maximum Gasteiger partial charge on any atom is 0.410 e. The van der Waals surface area contributed by atoms with Gasteiger partial charge in [0, 0.05) is 18.6 Å². The predicted octanol–water partition coefficient (Wildman–Crippen LogP) is 5.52. The number of carbonyl (C=O) groups is 1. The van der Waals surface area contributed by atoms with Gasteiger partial charge in [-0.1, -0.05) is 57.0 Å². The second-order valence-electron chi connectivity index (χ2n) is 8.56. The molecule has 2 fully saturated rings. The van der Waals surface area contributed by atoms with Crippen LogP contribution in [-0.4, -0.2) is 49.5 Å². The van der Waals surface area contributed by atoms with E-state index in [9.17, 15) is 13.6 Å². The van der Waals surface area contributed by atoms with Crippen molar-refractivity contribution in [2.45, 2.75) is 71.1 Å². The van der Waals surface area contributed by atoms with Gasteiger partial charge in [-0.3, -0.25) is 0 Å². The Labute approximate surface area is 180 Å². The van der Waals surface area contributed by atoms with E-state index >= 15 is 0 Å². The Morgan fingerprint density at radius 1 is 1.03 bits per heavy atom. The van der Waals surface area contributed by atoms with Gasteiger partial charge in [-0.05, 0) is 43.1 Å². The summed E-state index contributed by atoms with van der Waals surface area (Å²) in [7, 11) is 0. The van der Waals surface area contributed by atoms with Crippen molar-refractivity contribution in [3.05, 3.63) is 35.9 Å². The van der Waals surface area contributed by atoms with Crippen LogP contribution in [0, 0.1) is 11.8 Å². The third kappa shape index (κ3) is 7.86. The Morgan fingerprint density at radius 2 is 1.73 bits per heavy atom. The summed E-state index contributed by atoms with van der Waals surface area (Å²) in [5.41, 5.74) is 0.945. The zero-order chi connectivity index (χ0) is 21.8. The van der Waals surface area contributed by atoms with E-state index in [4.69, 9.17) is 4.74 Å². The minimum Gasteiger partial charge on any atom is -0.445 e. The first-order chi connectivity index (χ1) is 14.6. The van der Waals surface area contributed by atoms with Crippen molar-refractivity contribution >= 4 is 6.09 Å². The largest absolute Gasteiger partial charge is 0.445 e. The summed E-state index contributed by atoms with van der Waals surface area (Å²) >= 11 is 0. The van der Waals surface area contributed by atoms with E-state index in [-0.39, 0.29) is 25.9 Å². The molecule has 2 saturated carbocycles. The van der Waals surface area contributed by atoms with Crippen LogP contribution in [0.15, 0.2) is 30.3 Å². The van der Waals surface area contributed by atoms with Crippen molar-refractivity contribution in [2.24, 2.45) is 11.8 Å². The number of halogens is 2. The number of alkyl halides is 2. The molecule has 1 amide bonds. The number of hydrogen-bond donors (Lipinski definition) is 1. The van der Waals surface area contributed by atoms with E-state index in [1.54, 1.807) is 4.90 Å². The van der Waals surface area contributed by atoms with E-state index in [1.807, 2.05) is 30.3 Å². The fourth-order valence-corrected chi connectivity index (χ4v) is 4.56. The number of hydrogen-bond acceptors (Lipinski definition) is 3. The van der Waals surface area contributed by atoms with Crippen molar-refractivity contribution in [3.63, 3.8) is 0 Å². The lowest BCUT2D eigenvalue weighted by molar-refractivity contribution is 0.0706. The molecule has 0 aliphatic heterocycles. The first-order valence-corrected chi connectivity index (χ1v) is 11.4. The topological polar surface area (TPSA) is 41.6 Å². The minimum absolute atomic E-state index is 0.119. The molecule has 170 valence electrons. The number of carbonyl (C=O) groups excluding carboxylic acids is 1. The molecule has 4 nitrogen and oxygen atoms in total. The summed E-state index contributed by atoms with van der Waals surface area (Å²) in [4.78, 5) is 13.7. The summed E-state index contributed by atoms with van der Waals surface area (Å²) in [6, 6.07) is 10.3. The number of benzene rings is 1. The van der Waals surface area contributed by atoms with E-state index in [1.165, 1.54) is 19.3 Å². The van der Waals surface area contributed by atoms with Crippen LogP contribution in [0.4, 0.5) is 13.6 Å². The van der Waals surface area contributed by atoms with Crippen LogP contribution in [0.1, 0.15) is 57.9 Å². The summed E-state index contributed by atoms with van der Waals surface area (Å²) in [6.07, 6.45) is 6.60. The number of nitrogens with one attached hydrogen (secondary N) is 1. The van der Waals surface area contributed by atoms with Gasteiger partial charge in [-0.25, -0.2) is 13.6 Å². The van der Waals surface area contributed by atoms with Gasteiger partial charge in [0.15, 0.2) is 0 Å². The average Bonchev–Trinajstić information content (AvgIpc) is 3.37. The molecule has 0 aromatic heterocycles. The zero-order valence-electron chi connectivity index (χ0n) is 18.5. The van der Waals surface area contributed by atoms with E-state index in [0.29, 0.717) is 18.5 Å². The normalized spacial score (nSPS) is 25.5. The fourth-order valence-electron chi connectivity index (χ4n) is 4.56. The Hall–Kier alpha value is -1.69. The van der Waals surface area contributed by atoms with Gasteiger partial charge in [0.05, 0.1) is 6.54 Å². The highest BCUT2D eigenvalue weighted by molar-refractivity contribution is 5.68. The van der Waals surface area contributed by atoms with Gasteiger partial charge >= 0.3 is 6.09 Å². The Bertz CT molecular complexity index is 602. The van der Waals surface area contributed by atoms with Gasteiger partial charge in [-0.2, -0.15) is 0 Å². The molecule has 0 bridgehead atoms. The summed E-state index contributed by atoms with van der Waals surface area (Å²) < 4.78 is 29.7. The molecule has 30 heavy (non-hydrogen) atoms. The minimum atomic E-state index is -0.524. The molecule has 1 aromatic carbocycles. The first kappa shape index (κ1) is 24.6. The maximum absolute atomic E-state index is 12.7. The number of ether oxygens (including phenoxy) is 1. The second-order valence-corrected chi connectivity index (χ2v) is 8.56. The van der Waals surface area contributed by atoms with Crippen molar-refractivity contribution in [3.8, 4) is 0 Å². The Balaban J connectivity index is 0.000000269. The summed E-state index contributed by atoms with van der Waals surface area (Å²) in [5, 5.41) is 3.21. The van der Waals surface area contributed by atoms with Crippen LogP contribution in [0.5, 0.6) is 0 Å².